The molecule has 1 aliphatic rings. The second kappa shape index (κ2) is 4.15. The number of nitriles is 1. The lowest BCUT2D eigenvalue weighted by Crippen LogP contribution is -2.29. The van der Waals surface area contributed by atoms with E-state index in [1.165, 1.54) is 12.1 Å². The minimum Gasteiger partial charge on any atom is -0.279 e. The number of benzene rings is 1. The number of nitrogens with zero attached hydrogens (tertiary/aromatic N) is 4. The van der Waals surface area contributed by atoms with Crippen LogP contribution in [0.15, 0.2) is 48.0 Å². The number of quaternary nitrogens is 1. The number of hydrogen-bond acceptors (Lipinski definition) is 3. The molecule has 0 saturated heterocycles. The molecule has 6 heteroatoms. The highest BCUT2D eigenvalue weighted by molar-refractivity contribution is 5.79. The molecule has 1 aromatic heterocycles. The van der Waals surface area contributed by atoms with Crippen molar-refractivity contribution in [3.8, 4) is 6.07 Å². The molecule has 0 spiro atoms. The summed E-state index contributed by atoms with van der Waals surface area (Å²) in [5.74, 6) is -0.467. The lowest BCUT2D eigenvalue weighted by Gasteiger charge is -2.23. The molecule has 1 atom stereocenters. The maximum atomic E-state index is 13.6. The van der Waals surface area contributed by atoms with Crippen LogP contribution in [0.1, 0.15) is 5.56 Å². The smallest absolute Gasteiger partial charge is 0.207 e. The molecule has 19 heavy (non-hydrogen) atoms. The number of H-pyrrole nitrogens is 1. The minimum atomic E-state index is -0.467. The standard InChI is InChI=1S/C13H9FN5/c14-11-4-10(7-15)5-12(6-11)19(3-1-2-18-19)13-8-16-17-9-13/h1-6,8-9H,(H,16,17)/q+1. The Balaban J connectivity index is 2.23. The molecule has 5 nitrogen and oxygen atoms in total. The van der Waals surface area contributed by atoms with Crippen LogP contribution in [-0.4, -0.2) is 16.4 Å². The molecular weight excluding hydrogens is 245 g/mol. The van der Waals surface area contributed by atoms with Crippen LogP contribution in [0.4, 0.5) is 15.8 Å². The lowest BCUT2D eigenvalue weighted by molar-refractivity contribution is 0.544. The first-order valence-electron chi connectivity index (χ1n) is 5.57. The molecular formula is C13H9FN5+. The predicted molar refractivity (Wildman–Crippen MR) is 68.8 cm³/mol. The van der Waals surface area contributed by atoms with Gasteiger partial charge in [0.2, 0.25) is 5.69 Å². The maximum absolute atomic E-state index is 13.6. The second-order valence-electron chi connectivity index (χ2n) is 4.06. The van der Waals surface area contributed by atoms with Crippen molar-refractivity contribution in [3.05, 3.63) is 54.2 Å². The third kappa shape index (κ3) is 1.73. The van der Waals surface area contributed by atoms with Crippen molar-refractivity contribution in [2.75, 3.05) is 0 Å². The van der Waals surface area contributed by atoms with E-state index >= 15 is 0 Å². The van der Waals surface area contributed by atoms with Crippen molar-refractivity contribution in [2.45, 2.75) is 0 Å². The third-order valence-electron chi connectivity index (χ3n) is 2.92. The topological polar surface area (TPSA) is 64.8 Å². The first-order valence-corrected chi connectivity index (χ1v) is 5.57. The molecule has 0 radical (unpaired) electrons. The summed E-state index contributed by atoms with van der Waals surface area (Å²) in [6.07, 6.45) is 8.49. The van der Waals surface area contributed by atoms with Gasteiger partial charge in [0.25, 0.3) is 0 Å². The van der Waals surface area contributed by atoms with Gasteiger partial charge in [0.1, 0.15) is 18.2 Å². The van der Waals surface area contributed by atoms with Gasteiger partial charge in [-0.15, -0.1) is 4.59 Å². The second-order valence-corrected chi connectivity index (χ2v) is 4.06. The van der Waals surface area contributed by atoms with Gasteiger partial charge in [0.15, 0.2) is 5.69 Å². The number of allylic oxidation sites excluding steroid dienone is 1. The largest absolute Gasteiger partial charge is 0.279 e. The van der Waals surface area contributed by atoms with Crippen LogP contribution in [0.3, 0.4) is 0 Å². The fraction of sp³-hybridized carbons (Fsp3) is 0. The van der Waals surface area contributed by atoms with Gasteiger partial charge in [-0.05, 0) is 6.07 Å². The van der Waals surface area contributed by atoms with Crippen molar-refractivity contribution in [3.63, 3.8) is 0 Å². The highest BCUT2D eigenvalue weighted by Crippen LogP contribution is 2.37. The zero-order valence-corrected chi connectivity index (χ0v) is 9.79. The van der Waals surface area contributed by atoms with Crippen molar-refractivity contribution >= 4 is 17.6 Å². The van der Waals surface area contributed by atoms with E-state index in [0.29, 0.717) is 5.69 Å². The Morgan fingerprint density at radius 1 is 1.26 bits per heavy atom. The minimum absolute atomic E-state index is 0.0388. The van der Waals surface area contributed by atoms with E-state index in [1.807, 2.05) is 6.07 Å². The summed E-state index contributed by atoms with van der Waals surface area (Å²) in [7, 11) is 0. The SMILES string of the molecule is N#Cc1cc(F)cc([N+]2(c3cn[nH]c3)C=CC=N2)c1. The van der Waals surface area contributed by atoms with Crippen LogP contribution >= 0.6 is 0 Å². The number of nitrogens with one attached hydrogen (secondary N) is 1. The number of hydrogen-bond donors (Lipinski definition) is 1. The van der Waals surface area contributed by atoms with Crippen LogP contribution < -0.4 is 4.59 Å². The van der Waals surface area contributed by atoms with Crippen LogP contribution in [0.5, 0.6) is 0 Å². The monoisotopic (exact) mass is 254 g/mol. The molecule has 0 bridgehead atoms. The van der Waals surface area contributed by atoms with Crippen LogP contribution in [-0.2, 0) is 0 Å². The van der Waals surface area contributed by atoms with Gasteiger partial charge in [-0.1, -0.05) is 5.10 Å². The van der Waals surface area contributed by atoms with Gasteiger partial charge in [-0.3, -0.25) is 5.10 Å². The van der Waals surface area contributed by atoms with Gasteiger partial charge in [0, 0.05) is 18.2 Å². The predicted octanol–water partition coefficient (Wildman–Crippen LogP) is 2.57. The fourth-order valence-electron chi connectivity index (χ4n) is 2.07. The zero-order valence-electron chi connectivity index (χ0n) is 9.79. The summed E-state index contributed by atoms with van der Waals surface area (Å²) in [6, 6.07) is 6.11. The molecule has 1 aromatic carbocycles. The van der Waals surface area contributed by atoms with Crippen molar-refractivity contribution in [1.82, 2.24) is 14.8 Å². The van der Waals surface area contributed by atoms with Gasteiger partial charge in [-0.25, -0.2) is 4.39 Å². The summed E-state index contributed by atoms with van der Waals surface area (Å²) < 4.78 is 13.6. The summed E-state index contributed by atoms with van der Waals surface area (Å²) in [4.78, 5) is 0. The summed E-state index contributed by atoms with van der Waals surface area (Å²) >= 11 is 0. The Morgan fingerprint density at radius 3 is 2.79 bits per heavy atom. The van der Waals surface area contributed by atoms with Gasteiger partial charge >= 0.3 is 0 Å². The molecule has 2 heterocycles. The molecule has 92 valence electrons. The Morgan fingerprint density at radius 2 is 2.16 bits per heavy atom. The first kappa shape index (κ1) is 11.3. The normalized spacial score (nSPS) is 20.6. The summed E-state index contributed by atoms with van der Waals surface area (Å²) in [5.41, 5.74) is 1.54. The van der Waals surface area contributed by atoms with Gasteiger partial charge in [-0.2, -0.15) is 10.4 Å². The summed E-state index contributed by atoms with van der Waals surface area (Å²) in [6.45, 7) is 0. The number of aromatic nitrogens is 2. The van der Waals surface area contributed by atoms with Crippen LogP contribution in [0.25, 0.3) is 0 Å². The molecule has 1 N–H and O–H groups in total. The molecule has 0 aliphatic carbocycles. The van der Waals surface area contributed by atoms with E-state index in [4.69, 9.17) is 5.26 Å². The average Bonchev–Trinajstić information content (AvgIpc) is 3.09. The van der Waals surface area contributed by atoms with Crippen molar-refractivity contribution in [2.24, 2.45) is 5.10 Å². The van der Waals surface area contributed by atoms with E-state index in [0.717, 1.165) is 5.69 Å². The van der Waals surface area contributed by atoms with Gasteiger partial charge < -0.3 is 0 Å². The van der Waals surface area contributed by atoms with Crippen molar-refractivity contribution < 1.29 is 4.39 Å². The lowest BCUT2D eigenvalue weighted by atomic mass is 10.2. The molecule has 0 fully saturated rings. The van der Waals surface area contributed by atoms with E-state index in [1.54, 1.807) is 37.0 Å². The van der Waals surface area contributed by atoms with E-state index in [-0.39, 0.29) is 10.2 Å². The molecule has 1 unspecified atom stereocenters. The Labute approximate surface area is 108 Å². The first-order chi connectivity index (χ1) is 9.24. The Bertz CT molecular complexity index is 697. The summed E-state index contributed by atoms with van der Waals surface area (Å²) in [5, 5.41) is 19.9. The number of rotatable bonds is 2. The molecule has 0 amide bonds. The third-order valence-corrected chi connectivity index (χ3v) is 2.92. The Hall–Kier alpha value is -2.78. The fourth-order valence-corrected chi connectivity index (χ4v) is 2.07. The van der Waals surface area contributed by atoms with Crippen molar-refractivity contribution in [1.29, 1.82) is 5.26 Å². The quantitative estimate of drug-likeness (QED) is 0.837. The molecule has 1 aliphatic heterocycles. The number of halogens is 1. The molecule has 0 saturated carbocycles. The average molecular weight is 254 g/mol. The van der Waals surface area contributed by atoms with E-state index in [9.17, 15) is 4.39 Å². The zero-order chi connectivity index (χ0) is 13.3. The highest BCUT2D eigenvalue weighted by Gasteiger charge is 2.35. The molecule has 3 rings (SSSR count). The van der Waals surface area contributed by atoms with Crippen LogP contribution in [0, 0.1) is 17.1 Å². The highest BCUT2D eigenvalue weighted by atomic mass is 19.1. The van der Waals surface area contributed by atoms with Crippen LogP contribution in [0.2, 0.25) is 0 Å². The van der Waals surface area contributed by atoms with E-state index in [2.05, 4.69) is 15.3 Å². The molecule has 2 aromatic rings. The van der Waals surface area contributed by atoms with E-state index < -0.39 is 5.82 Å². The maximum Gasteiger partial charge on any atom is 0.207 e. The van der Waals surface area contributed by atoms with Gasteiger partial charge in [0.05, 0.1) is 24.0 Å². The Kier molecular flexibility index (Phi) is 2.47. The number of aromatic amines is 1.